The summed E-state index contributed by atoms with van der Waals surface area (Å²) in [5, 5.41) is 3.17. The minimum Gasteiger partial charge on any atom is -0.326 e. The fraction of sp³-hybridized carbons (Fsp3) is 0.917. The average Bonchev–Trinajstić information content (AvgIpc) is 2.50. The average molecular weight is 266 g/mol. The molecule has 1 saturated heterocycles. The first kappa shape index (κ1) is 15.3. The molecule has 2 atom stereocenters. The molecule has 0 radical (unpaired) electrons. The minimum atomic E-state index is -4.09. The van der Waals surface area contributed by atoms with Gasteiger partial charge in [0.1, 0.15) is 0 Å². The van der Waals surface area contributed by atoms with Crippen LogP contribution in [-0.4, -0.2) is 35.7 Å². The quantitative estimate of drug-likeness (QED) is 0.750. The zero-order chi connectivity index (χ0) is 13.8. The van der Waals surface area contributed by atoms with Crippen LogP contribution in [0.4, 0.5) is 13.2 Å². The van der Waals surface area contributed by atoms with E-state index in [1.165, 1.54) is 0 Å². The second-order valence-corrected chi connectivity index (χ2v) is 4.80. The molecule has 1 heterocycles. The van der Waals surface area contributed by atoms with Gasteiger partial charge in [-0.2, -0.15) is 13.2 Å². The Morgan fingerprint density at radius 3 is 2.56 bits per heavy atom. The fourth-order valence-corrected chi connectivity index (χ4v) is 2.24. The van der Waals surface area contributed by atoms with Crippen LogP contribution in [0.3, 0.4) is 0 Å². The predicted molar refractivity (Wildman–Crippen MR) is 62.9 cm³/mol. The first-order valence-corrected chi connectivity index (χ1v) is 6.48. The summed E-state index contributed by atoms with van der Waals surface area (Å²) < 4.78 is 36.0. The molecule has 1 N–H and O–H groups in total. The first-order valence-electron chi connectivity index (χ1n) is 6.48. The van der Waals surface area contributed by atoms with Crippen LogP contribution >= 0.6 is 0 Å². The van der Waals surface area contributed by atoms with Gasteiger partial charge < -0.3 is 4.90 Å². The van der Waals surface area contributed by atoms with E-state index in [1.807, 2.05) is 6.92 Å². The van der Waals surface area contributed by atoms with Crippen LogP contribution in [0.2, 0.25) is 0 Å². The highest BCUT2D eigenvalue weighted by atomic mass is 19.4. The van der Waals surface area contributed by atoms with Crippen LogP contribution in [-0.2, 0) is 4.79 Å². The molecule has 0 aromatic heterocycles. The number of nitrogens with zero attached hydrogens (tertiary/aromatic N) is 1. The minimum absolute atomic E-state index is 0.000425. The topological polar surface area (TPSA) is 32.3 Å². The van der Waals surface area contributed by atoms with Crippen molar-refractivity contribution in [2.24, 2.45) is 0 Å². The van der Waals surface area contributed by atoms with Gasteiger partial charge in [0.05, 0.1) is 12.2 Å². The lowest BCUT2D eigenvalue weighted by Gasteiger charge is -2.23. The van der Waals surface area contributed by atoms with E-state index in [1.54, 1.807) is 11.8 Å². The molecule has 106 valence electrons. The summed E-state index contributed by atoms with van der Waals surface area (Å²) in [4.78, 5) is 13.5. The van der Waals surface area contributed by atoms with Crippen LogP contribution in [0.5, 0.6) is 0 Å². The Hall–Kier alpha value is -0.780. The lowest BCUT2D eigenvalue weighted by atomic mass is 10.2. The van der Waals surface area contributed by atoms with Crippen LogP contribution < -0.4 is 5.32 Å². The number of hydrogen-bond donors (Lipinski definition) is 1. The molecule has 0 bridgehead atoms. The number of amides is 1. The number of halogens is 3. The molecule has 0 saturated carbocycles. The molecule has 18 heavy (non-hydrogen) atoms. The van der Waals surface area contributed by atoms with Crippen molar-refractivity contribution in [3.8, 4) is 0 Å². The maximum atomic E-state index is 12.0. The number of carbonyl (C=O) groups is 1. The summed E-state index contributed by atoms with van der Waals surface area (Å²) in [7, 11) is 0. The maximum absolute atomic E-state index is 12.0. The normalized spacial score (nSPS) is 24.9. The van der Waals surface area contributed by atoms with Gasteiger partial charge in [-0.1, -0.05) is 13.3 Å². The predicted octanol–water partition coefficient (Wildman–Crippen LogP) is 2.67. The molecule has 3 nitrogen and oxygen atoms in total. The maximum Gasteiger partial charge on any atom is 0.389 e. The van der Waals surface area contributed by atoms with Gasteiger partial charge in [0.2, 0.25) is 5.91 Å². The molecule has 6 heteroatoms. The fourth-order valence-electron chi connectivity index (χ4n) is 2.24. The van der Waals surface area contributed by atoms with E-state index in [-0.39, 0.29) is 24.5 Å². The van der Waals surface area contributed by atoms with E-state index in [0.717, 1.165) is 12.8 Å². The van der Waals surface area contributed by atoms with Crippen LogP contribution in [0.1, 0.15) is 46.0 Å². The lowest BCUT2D eigenvalue weighted by molar-refractivity contribution is -0.136. The van der Waals surface area contributed by atoms with Crippen molar-refractivity contribution < 1.29 is 18.0 Å². The van der Waals surface area contributed by atoms with E-state index < -0.39 is 12.6 Å². The van der Waals surface area contributed by atoms with Gasteiger partial charge in [0.15, 0.2) is 0 Å². The molecule has 1 aliphatic heterocycles. The van der Waals surface area contributed by atoms with Gasteiger partial charge >= 0.3 is 6.18 Å². The molecule has 1 rings (SSSR count). The van der Waals surface area contributed by atoms with Gasteiger partial charge in [-0.05, 0) is 26.2 Å². The monoisotopic (exact) mass is 266 g/mol. The Labute approximate surface area is 106 Å². The number of unbranched alkanes of at least 4 members (excludes halogenated alkanes) is 1. The van der Waals surface area contributed by atoms with E-state index in [0.29, 0.717) is 13.0 Å². The number of rotatable bonds is 6. The summed E-state index contributed by atoms with van der Waals surface area (Å²) in [6.07, 6.45) is -2.60. The smallest absolute Gasteiger partial charge is 0.326 e. The molecule has 1 aliphatic rings. The highest BCUT2D eigenvalue weighted by molar-refractivity contribution is 5.83. The van der Waals surface area contributed by atoms with Gasteiger partial charge in [-0.25, -0.2) is 0 Å². The van der Waals surface area contributed by atoms with Crippen molar-refractivity contribution >= 4 is 5.91 Å². The standard InChI is InChI=1S/C12H21F3N2O/c1-3-6-10-16-9(2)11(18)17(10)8-5-4-7-12(13,14)15/h9-10,16H,3-8H2,1-2H3. The van der Waals surface area contributed by atoms with Crippen molar-refractivity contribution in [3.63, 3.8) is 0 Å². The van der Waals surface area contributed by atoms with Crippen molar-refractivity contribution in [2.45, 2.75) is 64.3 Å². The Morgan fingerprint density at radius 1 is 1.33 bits per heavy atom. The third-order valence-corrected chi connectivity index (χ3v) is 3.14. The van der Waals surface area contributed by atoms with Crippen molar-refractivity contribution in [1.82, 2.24) is 10.2 Å². The summed E-state index contributed by atoms with van der Waals surface area (Å²) in [6.45, 7) is 4.23. The first-order chi connectivity index (χ1) is 8.35. The van der Waals surface area contributed by atoms with Gasteiger partial charge in [0.25, 0.3) is 0 Å². The highest BCUT2D eigenvalue weighted by Crippen LogP contribution is 2.23. The number of hydrogen-bond acceptors (Lipinski definition) is 2. The Bertz CT molecular complexity index is 281. The zero-order valence-corrected chi connectivity index (χ0v) is 10.9. The van der Waals surface area contributed by atoms with Gasteiger partial charge in [-0.15, -0.1) is 0 Å². The van der Waals surface area contributed by atoms with E-state index in [2.05, 4.69) is 5.32 Å². The largest absolute Gasteiger partial charge is 0.389 e. The SMILES string of the molecule is CCCC1NC(C)C(=O)N1CCCCC(F)(F)F. The number of nitrogens with one attached hydrogen (secondary N) is 1. The molecule has 1 fully saturated rings. The Kier molecular flexibility index (Phi) is 5.44. The number of carbonyl (C=O) groups excluding carboxylic acids is 1. The molecule has 0 aliphatic carbocycles. The molecule has 2 unspecified atom stereocenters. The molecular weight excluding hydrogens is 245 g/mol. The zero-order valence-electron chi connectivity index (χ0n) is 10.9. The molecule has 0 spiro atoms. The Morgan fingerprint density at radius 2 is 2.00 bits per heavy atom. The summed E-state index contributed by atoms with van der Waals surface area (Å²) in [5.74, 6) is 0.000425. The van der Waals surface area contributed by atoms with Crippen molar-refractivity contribution in [3.05, 3.63) is 0 Å². The summed E-state index contributed by atoms with van der Waals surface area (Å²) >= 11 is 0. The lowest BCUT2D eigenvalue weighted by Crippen LogP contribution is -2.37. The van der Waals surface area contributed by atoms with Gasteiger partial charge in [-0.3, -0.25) is 10.1 Å². The summed E-state index contributed by atoms with van der Waals surface area (Å²) in [6, 6.07) is -0.218. The Balaban J connectivity index is 2.36. The third-order valence-electron chi connectivity index (χ3n) is 3.14. The molecule has 1 amide bonds. The summed E-state index contributed by atoms with van der Waals surface area (Å²) in [5.41, 5.74) is 0. The van der Waals surface area contributed by atoms with E-state index in [4.69, 9.17) is 0 Å². The van der Waals surface area contributed by atoms with Crippen LogP contribution in [0.25, 0.3) is 0 Å². The van der Waals surface area contributed by atoms with E-state index >= 15 is 0 Å². The van der Waals surface area contributed by atoms with Crippen molar-refractivity contribution in [1.29, 1.82) is 0 Å². The highest BCUT2D eigenvalue weighted by Gasteiger charge is 2.35. The van der Waals surface area contributed by atoms with E-state index in [9.17, 15) is 18.0 Å². The third kappa shape index (κ3) is 4.48. The van der Waals surface area contributed by atoms with Crippen LogP contribution in [0, 0.1) is 0 Å². The molecular formula is C12H21F3N2O. The van der Waals surface area contributed by atoms with Gasteiger partial charge in [0, 0.05) is 13.0 Å². The number of alkyl halides is 3. The second-order valence-electron chi connectivity index (χ2n) is 4.80. The second kappa shape index (κ2) is 6.41. The van der Waals surface area contributed by atoms with Crippen LogP contribution in [0.15, 0.2) is 0 Å². The molecule has 0 aromatic carbocycles. The van der Waals surface area contributed by atoms with Crippen molar-refractivity contribution in [2.75, 3.05) is 6.54 Å². The molecule has 0 aromatic rings.